The van der Waals surface area contributed by atoms with Crippen LogP contribution < -0.4 is 11.5 Å². The summed E-state index contributed by atoms with van der Waals surface area (Å²) in [5.41, 5.74) is 10.2. The van der Waals surface area contributed by atoms with Gasteiger partial charge in [-0.25, -0.2) is 0 Å². The van der Waals surface area contributed by atoms with E-state index in [1.807, 2.05) is 0 Å². The van der Waals surface area contributed by atoms with E-state index in [-0.39, 0.29) is 6.04 Å². The van der Waals surface area contributed by atoms with Gasteiger partial charge in [-0.1, -0.05) is 12.2 Å². The summed E-state index contributed by atoms with van der Waals surface area (Å²) in [5.74, 6) is 0. The topological polar surface area (TPSA) is 52.0 Å². The maximum absolute atomic E-state index is 5.17. The molecular formula is C3H8N2S. The van der Waals surface area contributed by atoms with Crippen molar-refractivity contribution in [2.75, 3.05) is 0 Å². The normalized spacial score (nSPS) is 13.7. The first-order valence-electron chi connectivity index (χ1n) is 1.69. The highest BCUT2D eigenvalue weighted by Crippen LogP contribution is 1.70. The molecule has 36 valence electrons. The van der Waals surface area contributed by atoms with Crippen LogP contribution >= 0.6 is 12.2 Å². The van der Waals surface area contributed by atoms with Crippen molar-refractivity contribution in [2.45, 2.75) is 13.0 Å². The van der Waals surface area contributed by atoms with E-state index in [0.717, 1.165) is 0 Å². The molecule has 4 N–H and O–H groups in total. The molecular weight excluding hydrogens is 96.1 g/mol. The van der Waals surface area contributed by atoms with Crippen LogP contribution in [0, 0.1) is 0 Å². The van der Waals surface area contributed by atoms with Crippen molar-refractivity contribution in [2.24, 2.45) is 11.5 Å². The van der Waals surface area contributed by atoms with Crippen LogP contribution in [-0.2, 0) is 0 Å². The van der Waals surface area contributed by atoms with Gasteiger partial charge in [-0.05, 0) is 6.92 Å². The summed E-state index contributed by atoms with van der Waals surface area (Å²) in [6, 6.07) is -0.139. The molecule has 2 nitrogen and oxygen atoms in total. The van der Waals surface area contributed by atoms with Gasteiger partial charge in [0.05, 0.1) is 11.0 Å². The van der Waals surface area contributed by atoms with E-state index in [4.69, 9.17) is 11.5 Å². The molecule has 0 aromatic rings. The van der Waals surface area contributed by atoms with Gasteiger partial charge in [0.1, 0.15) is 0 Å². The molecule has 0 amide bonds. The van der Waals surface area contributed by atoms with Crippen molar-refractivity contribution in [3.05, 3.63) is 0 Å². The molecule has 6 heavy (non-hydrogen) atoms. The number of hydrogen-bond donors (Lipinski definition) is 2. The molecule has 0 saturated heterocycles. The Morgan fingerprint density at radius 2 is 2.00 bits per heavy atom. The quantitative estimate of drug-likeness (QED) is 0.446. The summed E-state index contributed by atoms with van der Waals surface area (Å²) < 4.78 is 0. The van der Waals surface area contributed by atoms with Crippen molar-refractivity contribution in [3.8, 4) is 0 Å². The second-order valence-corrected chi connectivity index (χ2v) is 1.66. The fraction of sp³-hybridized carbons (Fsp3) is 0.667. The van der Waals surface area contributed by atoms with Crippen LogP contribution in [0.2, 0.25) is 0 Å². The zero-order chi connectivity index (χ0) is 5.15. The monoisotopic (exact) mass is 104 g/mol. The lowest BCUT2D eigenvalue weighted by Crippen LogP contribution is -2.31. The molecule has 0 aliphatic rings. The van der Waals surface area contributed by atoms with Gasteiger partial charge in [0.2, 0.25) is 0 Å². The lowest BCUT2D eigenvalue weighted by atomic mass is 10.4. The molecule has 0 aromatic heterocycles. The van der Waals surface area contributed by atoms with Crippen molar-refractivity contribution >= 4 is 17.2 Å². The molecule has 0 rings (SSSR count). The van der Waals surface area contributed by atoms with E-state index in [0.29, 0.717) is 4.99 Å². The van der Waals surface area contributed by atoms with Crippen molar-refractivity contribution < 1.29 is 0 Å². The fourth-order valence-corrected chi connectivity index (χ4v) is 0. The van der Waals surface area contributed by atoms with E-state index in [2.05, 4.69) is 12.2 Å². The lowest BCUT2D eigenvalue weighted by molar-refractivity contribution is 0.980. The molecule has 0 spiro atoms. The Kier molecular flexibility index (Phi) is 2.05. The lowest BCUT2D eigenvalue weighted by Gasteiger charge is -1.96. The van der Waals surface area contributed by atoms with Crippen LogP contribution in [-0.4, -0.2) is 11.0 Å². The molecule has 0 heterocycles. The highest BCUT2D eigenvalue weighted by atomic mass is 32.1. The second-order valence-electron chi connectivity index (χ2n) is 1.19. The number of rotatable bonds is 1. The van der Waals surface area contributed by atoms with Gasteiger partial charge in [-0.2, -0.15) is 0 Å². The molecule has 0 radical (unpaired) electrons. The summed E-state index contributed by atoms with van der Waals surface area (Å²) in [6.07, 6.45) is 0. The SMILES string of the molecule is C[C@H](N)C(N)=S. The van der Waals surface area contributed by atoms with Gasteiger partial charge in [-0.15, -0.1) is 0 Å². The molecule has 0 aliphatic carbocycles. The smallest absolute Gasteiger partial charge is 0.0894 e. The van der Waals surface area contributed by atoms with E-state index in [1.54, 1.807) is 6.92 Å². The first kappa shape index (κ1) is 5.85. The van der Waals surface area contributed by atoms with Gasteiger partial charge in [-0.3, -0.25) is 0 Å². The molecule has 3 heteroatoms. The summed E-state index contributed by atoms with van der Waals surface area (Å²) >= 11 is 4.47. The average Bonchev–Trinajstić information content (AvgIpc) is 1.36. The van der Waals surface area contributed by atoms with Gasteiger partial charge in [0, 0.05) is 0 Å². The zero-order valence-corrected chi connectivity index (χ0v) is 4.46. The third-order valence-corrected chi connectivity index (χ3v) is 0.821. The minimum Gasteiger partial charge on any atom is -0.392 e. The Morgan fingerprint density at radius 3 is 2.00 bits per heavy atom. The Balaban J connectivity index is 3.26. The van der Waals surface area contributed by atoms with Crippen LogP contribution in [0.1, 0.15) is 6.92 Å². The van der Waals surface area contributed by atoms with Crippen LogP contribution in [0.3, 0.4) is 0 Å². The van der Waals surface area contributed by atoms with Crippen LogP contribution in [0.15, 0.2) is 0 Å². The largest absolute Gasteiger partial charge is 0.392 e. The average molecular weight is 104 g/mol. The highest BCUT2D eigenvalue weighted by Gasteiger charge is 1.91. The van der Waals surface area contributed by atoms with E-state index < -0.39 is 0 Å². The van der Waals surface area contributed by atoms with Crippen molar-refractivity contribution in [3.63, 3.8) is 0 Å². The zero-order valence-electron chi connectivity index (χ0n) is 3.64. The Bertz CT molecular complexity index is 59.8. The highest BCUT2D eigenvalue weighted by molar-refractivity contribution is 7.80. The summed E-state index contributed by atoms with van der Waals surface area (Å²) in [4.78, 5) is 0.370. The molecule has 0 bridgehead atoms. The molecule has 0 saturated carbocycles. The molecule has 0 aliphatic heterocycles. The maximum Gasteiger partial charge on any atom is 0.0894 e. The standard InChI is InChI=1S/C3H8N2S/c1-2(4)3(5)6/h2H,4H2,1H3,(H2,5,6)/t2-/m0/s1. The van der Waals surface area contributed by atoms with Gasteiger partial charge >= 0.3 is 0 Å². The molecule has 0 unspecified atom stereocenters. The van der Waals surface area contributed by atoms with Crippen LogP contribution in [0.5, 0.6) is 0 Å². The minimum atomic E-state index is -0.139. The van der Waals surface area contributed by atoms with Gasteiger partial charge in [0.25, 0.3) is 0 Å². The van der Waals surface area contributed by atoms with E-state index >= 15 is 0 Å². The minimum absolute atomic E-state index is 0.139. The predicted octanol–water partition coefficient (Wildman–Crippen LogP) is -0.380. The van der Waals surface area contributed by atoms with Crippen LogP contribution in [0.25, 0.3) is 0 Å². The van der Waals surface area contributed by atoms with Crippen molar-refractivity contribution in [1.82, 2.24) is 0 Å². The summed E-state index contributed by atoms with van der Waals surface area (Å²) in [7, 11) is 0. The molecule has 1 atom stereocenters. The number of thiocarbonyl (C=S) groups is 1. The number of nitrogens with two attached hydrogens (primary N) is 2. The summed E-state index contributed by atoms with van der Waals surface area (Å²) in [6.45, 7) is 1.75. The molecule has 0 aromatic carbocycles. The van der Waals surface area contributed by atoms with Gasteiger partial charge in [0.15, 0.2) is 0 Å². The van der Waals surface area contributed by atoms with Crippen LogP contribution in [0.4, 0.5) is 0 Å². The third-order valence-electron chi connectivity index (χ3n) is 0.449. The summed E-state index contributed by atoms with van der Waals surface area (Å²) in [5, 5.41) is 0. The van der Waals surface area contributed by atoms with E-state index in [1.165, 1.54) is 0 Å². The maximum atomic E-state index is 5.17. The first-order valence-corrected chi connectivity index (χ1v) is 2.10. The predicted molar refractivity (Wildman–Crippen MR) is 30.4 cm³/mol. The van der Waals surface area contributed by atoms with E-state index in [9.17, 15) is 0 Å². The Morgan fingerprint density at radius 1 is 1.83 bits per heavy atom. The fourth-order valence-electron chi connectivity index (χ4n) is 0. The van der Waals surface area contributed by atoms with Gasteiger partial charge < -0.3 is 11.5 Å². The van der Waals surface area contributed by atoms with Crippen molar-refractivity contribution in [1.29, 1.82) is 0 Å². The first-order chi connectivity index (χ1) is 2.64. The third kappa shape index (κ3) is 2.11. The number of hydrogen-bond acceptors (Lipinski definition) is 2. The second kappa shape index (κ2) is 2.10. The molecule has 0 fully saturated rings. The Labute approximate surface area is 42.5 Å². The Hall–Kier alpha value is -0.150.